The summed E-state index contributed by atoms with van der Waals surface area (Å²) in [5.41, 5.74) is 6.47. The number of ether oxygens (including phenoxy) is 2. The molecule has 1 aliphatic carbocycles. The Bertz CT molecular complexity index is 549. The summed E-state index contributed by atoms with van der Waals surface area (Å²) in [4.78, 5) is 12.5. The Morgan fingerprint density at radius 3 is 2.58 bits per heavy atom. The van der Waals surface area contributed by atoms with E-state index in [4.69, 9.17) is 15.2 Å². The molecule has 1 fully saturated rings. The lowest BCUT2D eigenvalue weighted by Crippen LogP contribution is -2.40. The predicted molar refractivity (Wildman–Crippen MR) is 101 cm³/mol. The van der Waals surface area contributed by atoms with Crippen LogP contribution in [0.1, 0.15) is 49.4 Å². The molecule has 2 rings (SSSR count). The number of nitrogens with one attached hydrogen (secondary N) is 1. The summed E-state index contributed by atoms with van der Waals surface area (Å²) in [6.45, 7) is 2.64. The van der Waals surface area contributed by atoms with Gasteiger partial charge in [0.25, 0.3) is 5.91 Å². The first-order chi connectivity index (χ1) is 11.0. The van der Waals surface area contributed by atoms with Crippen molar-refractivity contribution >= 4 is 34.2 Å². The van der Waals surface area contributed by atoms with Crippen LogP contribution in [-0.4, -0.2) is 31.7 Å². The zero-order chi connectivity index (χ0) is 16.8. The van der Waals surface area contributed by atoms with E-state index in [1.54, 1.807) is 19.2 Å². The van der Waals surface area contributed by atoms with Crippen LogP contribution in [-0.2, 0) is 0 Å². The number of carbonyl (C=O) groups excluding carboxylic acids is 1. The zero-order valence-electron chi connectivity index (χ0n) is 14.1. The highest BCUT2D eigenvalue weighted by atomic mass is 79.9. The second-order valence-corrected chi connectivity index (χ2v) is 6.78. The fraction of sp³-hybridized carbons (Fsp3) is 0.588. The number of halogens is 2. The molecule has 3 N–H and O–H groups in total. The minimum Gasteiger partial charge on any atom is -0.493 e. The average molecular weight is 422 g/mol. The lowest BCUT2D eigenvalue weighted by atomic mass is 9.91. The largest absolute Gasteiger partial charge is 0.493 e. The van der Waals surface area contributed by atoms with Crippen molar-refractivity contribution in [1.82, 2.24) is 5.32 Å². The Kier molecular flexibility index (Phi) is 8.87. The Morgan fingerprint density at radius 1 is 1.33 bits per heavy atom. The van der Waals surface area contributed by atoms with E-state index >= 15 is 0 Å². The SMILES string of the molecule is CCCOc1c(Br)cc(C(=O)NC2CCC(N)CC2)cc1OC.Cl. The van der Waals surface area contributed by atoms with E-state index in [-0.39, 0.29) is 30.4 Å². The van der Waals surface area contributed by atoms with Crippen molar-refractivity contribution in [3.63, 3.8) is 0 Å². The zero-order valence-corrected chi connectivity index (χ0v) is 16.5. The summed E-state index contributed by atoms with van der Waals surface area (Å²) < 4.78 is 11.8. The highest BCUT2D eigenvalue weighted by molar-refractivity contribution is 9.10. The molecule has 24 heavy (non-hydrogen) atoms. The van der Waals surface area contributed by atoms with Gasteiger partial charge < -0.3 is 20.5 Å². The first kappa shape index (κ1) is 21.1. The molecule has 0 radical (unpaired) electrons. The van der Waals surface area contributed by atoms with E-state index in [9.17, 15) is 4.79 Å². The standard InChI is InChI=1S/C17H25BrN2O3.ClH/c1-3-8-23-16-14(18)9-11(10-15(16)22-2)17(21)20-13-6-4-12(19)5-7-13;/h9-10,12-13H,3-8,19H2,1-2H3,(H,20,21);1H. The normalized spacial score (nSPS) is 20.0. The Labute approximate surface area is 158 Å². The second kappa shape index (κ2) is 10.1. The lowest BCUT2D eigenvalue weighted by Gasteiger charge is -2.27. The van der Waals surface area contributed by atoms with Crippen LogP contribution in [0.3, 0.4) is 0 Å². The number of benzene rings is 1. The van der Waals surface area contributed by atoms with E-state index in [1.807, 2.05) is 6.92 Å². The Morgan fingerprint density at radius 2 is 2.00 bits per heavy atom. The van der Waals surface area contributed by atoms with Gasteiger partial charge in [-0.25, -0.2) is 0 Å². The fourth-order valence-electron chi connectivity index (χ4n) is 2.73. The quantitative estimate of drug-likeness (QED) is 0.735. The van der Waals surface area contributed by atoms with E-state index in [0.717, 1.165) is 36.6 Å². The lowest BCUT2D eigenvalue weighted by molar-refractivity contribution is 0.0925. The van der Waals surface area contributed by atoms with Crippen LogP contribution in [0.25, 0.3) is 0 Å². The van der Waals surface area contributed by atoms with Crippen molar-refractivity contribution in [3.8, 4) is 11.5 Å². The molecule has 0 aliphatic heterocycles. The van der Waals surface area contributed by atoms with Gasteiger partial charge in [-0.3, -0.25) is 4.79 Å². The van der Waals surface area contributed by atoms with Gasteiger partial charge in [-0.05, 0) is 60.2 Å². The molecule has 0 heterocycles. The molecule has 1 aliphatic rings. The molecule has 1 aromatic carbocycles. The van der Waals surface area contributed by atoms with Gasteiger partial charge in [0.05, 0.1) is 18.2 Å². The fourth-order valence-corrected chi connectivity index (χ4v) is 3.28. The predicted octanol–water partition coefficient (Wildman–Crippen LogP) is 3.67. The van der Waals surface area contributed by atoms with Gasteiger partial charge in [0, 0.05) is 17.6 Å². The number of hydrogen-bond acceptors (Lipinski definition) is 4. The summed E-state index contributed by atoms with van der Waals surface area (Å²) in [7, 11) is 1.57. The summed E-state index contributed by atoms with van der Waals surface area (Å²) in [6.07, 6.45) is 4.69. The molecule has 0 bridgehead atoms. The molecular formula is C17H26BrClN2O3. The molecule has 0 spiro atoms. The van der Waals surface area contributed by atoms with Gasteiger partial charge in [-0.15, -0.1) is 12.4 Å². The van der Waals surface area contributed by atoms with Gasteiger partial charge >= 0.3 is 0 Å². The van der Waals surface area contributed by atoms with Crippen molar-refractivity contribution < 1.29 is 14.3 Å². The molecule has 1 aromatic rings. The molecule has 5 nitrogen and oxygen atoms in total. The number of nitrogens with two attached hydrogens (primary N) is 1. The molecule has 7 heteroatoms. The van der Waals surface area contributed by atoms with Crippen LogP contribution >= 0.6 is 28.3 Å². The molecule has 1 saturated carbocycles. The first-order valence-electron chi connectivity index (χ1n) is 8.12. The summed E-state index contributed by atoms with van der Waals surface area (Å²) in [6, 6.07) is 3.97. The highest BCUT2D eigenvalue weighted by Gasteiger charge is 2.22. The molecule has 1 amide bonds. The van der Waals surface area contributed by atoms with E-state index in [2.05, 4.69) is 21.2 Å². The number of rotatable bonds is 6. The average Bonchev–Trinajstić information content (AvgIpc) is 2.55. The Hall–Kier alpha value is -0.980. The maximum atomic E-state index is 12.5. The van der Waals surface area contributed by atoms with Gasteiger partial charge in [-0.2, -0.15) is 0 Å². The molecule has 136 valence electrons. The van der Waals surface area contributed by atoms with Gasteiger partial charge in [0.15, 0.2) is 11.5 Å². The highest BCUT2D eigenvalue weighted by Crippen LogP contribution is 2.36. The number of methoxy groups -OCH3 is 1. The van der Waals surface area contributed by atoms with Crippen LogP contribution in [0.4, 0.5) is 0 Å². The molecular weight excluding hydrogens is 396 g/mol. The third-order valence-electron chi connectivity index (χ3n) is 4.05. The van der Waals surface area contributed by atoms with Gasteiger partial charge in [0.1, 0.15) is 0 Å². The topological polar surface area (TPSA) is 73.6 Å². The van der Waals surface area contributed by atoms with Gasteiger partial charge in [0.2, 0.25) is 0 Å². The van der Waals surface area contributed by atoms with Crippen molar-refractivity contribution in [2.45, 2.75) is 51.1 Å². The van der Waals surface area contributed by atoms with E-state index in [1.165, 1.54) is 0 Å². The van der Waals surface area contributed by atoms with E-state index in [0.29, 0.717) is 23.7 Å². The first-order valence-corrected chi connectivity index (χ1v) is 8.91. The number of amides is 1. The Balaban J connectivity index is 0.00000288. The maximum Gasteiger partial charge on any atom is 0.251 e. The minimum absolute atomic E-state index is 0. The molecule has 0 aromatic heterocycles. The van der Waals surface area contributed by atoms with Crippen LogP contribution in [0.5, 0.6) is 11.5 Å². The number of hydrogen-bond donors (Lipinski definition) is 2. The second-order valence-electron chi connectivity index (χ2n) is 5.92. The summed E-state index contributed by atoms with van der Waals surface area (Å²) in [5, 5.41) is 3.09. The summed E-state index contributed by atoms with van der Waals surface area (Å²) in [5.74, 6) is 1.10. The smallest absolute Gasteiger partial charge is 0.251 e. The third kappa shape index (κ3) is 5.53. The van der Waals surface area contributed by atoms with Crippen LogP contribution < -0.4 is 20.5 Å². The molecule has 0 unspecified atom stereocenters. The van der Waals surface area contributed by atoms with Crippen LogP contribution in [0, 0.1) is 0 Å². The van der Waals surface area contributed by atoms with Crippen LogP contribution in [0.2, 0.25) is 0 Å². The van der Waals surface area contributed by atoms with Crippen molar-refractivity contribution in [3.05, 3.63) is 22.2 Å². The minimum atomic E-state index is -0.0912. The molecule has 0 saturated heterocycles. The number of carbonyl (C=O) groups is 1. The molecule has 0 atom stereocenters. The van der Waals surface area contributed by atoms with Crippen molar-refractivity contribution in [1.29, 1.82) is 0 Å². The van der Waals surface area contributed by atoms with E-state index < -0.39 is 0 Å². The van der Waals surface area contributed by atoms with Crippen LogP contribution in [0.15, 0.2) is 16.6 Å². The van der Waals surface area contributed by atoms with Crippen molar-refractivity contribution in [2.24, 2.45) is 5.73 Å². The maximum absolute atomic E-state index is 12.5. The van der Waals surface area contributed by atoms with Crippen molar-refractivity contribution in [2.75, 3.05) is 13.7 Å². The summed E-state index contributed by atoms with van der Waals surface area (Å²) >= 11 is 3.47. The van der Waals surface area contributed by atoms with Gasteiger partial charge in [-0.1, -0.05) is 6.92 Å². The monoisotopic (exact) mass is 420 g/mol. The third-order valence-corrected chi connectivity index (χ3v) is 4.64.